The van der Waals surface area contributed by atoms with Crippen LogP contribution in [0.25, 0.3) is 11.3 Å². The van der Waals surface area contributed by atoms with Crippen molar-refractivity contribution in [2.24, 2.45) is 5.73 Å². The number of nitrogens with two attached hydrogens (primary N) is 1. The highest BCUT2D eigenvalue weighted by Crippen LogP contribution is 2.45. The summed E-state index contributed by atoms with van der Waals surface area (Å²) < 4.78 is 11.5. The van der Waals surface area contributed by atoms with Gasteiger partial charge in [0.25, 0.3) is 5.69 Å². The summed E-state index contributed by atoms with van der Waals surface area (Å²) in [5, 5.41) is 28.2. The number of aromatic amines is 1. The van der Waals surface area contributed by atoms with Gasteiger partial charge in [0, 0.05) is 17.7 Å². The molecule has 0 bridgehead atoms. The van der Waals surface area contributed by atoms with E-state index in [1.165, 1.54) is 12.1 Å². The van der Waals surface area contributed by atoms with Crippen LogP contribution in [0.5, 0.6) is 11.6 Å². The molecular weight excluding hydrogens is 446 g/mol. The highest BCUT2D eigenvalue weighted by Gasteiger charge is 2.35. The third-order valence-corrected chi connectivity index (χ3v) is 5.77. The summed E-state index contributed by atoms with van der Waals surface area (Å²) in [7, 11) is 0. The van der Waals surface area contributed by atoms with E-state index in [9.17, 15) is 15.4 Å². The second kappa shape index (κ2) is 9.03. The van der Waals surface area contributed by atoms with Gasteiger partial charge in [-0.2, -0.15) is 5.26 Å². The molecule has 35 heavy (non-hydrogen) atoms. The maximum atomic E-state index is 11.1. The predicted molar refractivity (Wildman–Crippen MR) is 127 cm³/mol. The number of H-pyrrole nitrogens is 1. The molecule has 9 heteroatoms. The van der Waals surface area contributed by atoms with Crippen LogP contribution in [0.1, 0.15) is 22.6 Å². The SMILES string of the molecule is N#CC1=C(N)Oc2n[nH]c(-c3ccc(OCc4ccccc4)cc3)c2C1c1ccc([N+](=O)[O-])cc1. The van der Waals surface area contributed by atoms with Crippen molar-refractivity contribution >= 4 is 5.69 Å². The molecule has 2 heterocycles. The van der Waals surface area contributed by atoms with Gasteiger partial charge in [0.15, 0.2) is 0 Å². The highest BCUT2D eigenvalue weighted by atomic mass is 16.6. The number of hydrogen-bond donors (Lipinski definition) is 2. The van der Waals surface area contributed by atoms with Gasteiger partial charge >= 0.3 is 0 Å². The Balaban J connectivity index is 1.48. The maximum absolute atomic E-state index is 11.1. The zero-order valence-electron chi connectivity index (χ0n) is 18.3. The zero-order valence-corrected chi connectivity index (χ0v) is 18.3. The third kappa shape index (κ3) is 4.16. The van der Waals surface area contributed by atoms with Crippen LogP contribution in [0.3, 0.4) is 0 Å². The average Bonchev–Trinajstić information content (AvgIpc) is 3.31. The van der Waals surface area contributed by atoms with Crippen LogP contribution < -0.4 is 15.2 Å². The zero-order chi connectivity index (χ0) is 24.4. The van der Waals surface area contributed by atoms with Gasteiger partial charge in [-0.25, -0.2) is 0 Å². The van der Waals surface area contributed by atoms with Crippen molar-refractivity contribution in [1.82, 2.24) is 10.2 Å². The summed E-state index contributed by atoms with van der Waals surface area (Å²) in [6.45, 7) is 0.450. The molecule has 3 aromatic carbocycles. The number of allylic oxidation sites excluding steroid dienone is 1. The number of benzene rings is 3. The van der Waals surface area contributed by atoms with Crippen LogP contribution in [0.4, 0.5) is 5.69 Å². The second-order valence-electron chi connectivity index (χ2n) is 7.89. The molecular formula is C26H19N5O4. The number of nitro benzene ring substituents is 1. The van der Waals surface area contributed by atoms with E-state index in [1.54, 1.807) is 12.1 Å². The van der Waals surface area contributed by atoms with Crippen LogP contribution in [-0.4, -0.2) is 15.1 Å². The summed E-state index contributed by atoms with van der Waals surface area (Å²) in [4.78, 5) is 10.6. The number of nitro groups is 1. The number of fused-ring (bicyclic) bond motifs is 1. The molecule has 1 unspecified atom stereocenters. The van der Waals surface area contributed by atoms with Gasteiger partial charge in [-0.05, 0) is 35.4 Å². The predicted octanol–water partition coefficient (Wildman–Crippen LogP) is 4.78. The maximum Gasteiger partial charge on any atom is 0.269 e. The molecule has 0 radical (unpaired) electrons. The van der Waals surface area contributed by atoms with E-state index in [0.717, 1.165) is 11.1 Å². The van der Waals surface area contributed by atoms with Crippen molar-refractivity contribution in [3.05, 3.63) is 117 Å². The molecule has 3 N–H and O–H groups in total. The minimum atomic E-state index is -0.604. The van der Waals surface area contributed by atoms with Gasteiger partial charge < -0.3 is 15.2 Å². The normalized spacial score (nSPS) is 14.5. The fourth-order valence-electron chi connectivity index (χ4n) is 4.05. The molecule has 5 rings (SSSR count). The van der Waals surface area contributed by atoms with Crippen molar-refractivity contribution in [3.8, 4) is 29.0 Å². The van der Waals surface area contributed by atoms with Gasteiger partial charge in [0.2, 0.25) is 11.8 Å². The molecule has 1 aliphatic heterocycles. The van der Waals surface area contributed by atoms with Crippen LogP contribution in [0, 0.1) is 21.4 Å². The Hall–Kier alpha value is -5.10. The molecule has 172 valence electrons. The minimum absolute atomic E-state index is 0.0463. The first kappa shape index (κ1) is 21.7. The quantitative estimate of drug-likeness (QED) is 0.308. The van der Waals surface area contributed by atoms with Gasteiger partial charge in [0.05, 0.1) is 22.1 Å². The molecule has 0 spiro atoms. The Kier molecular flexibility index (Phi) is 5.61. The lowest BCUT2D eigenvalue weighted by atomic mass is 9.83. The summed E-state index contributed by atoms with van der Waals surface area (Å²) in [5.41, 5.74) is 9.98. The van der Waals surface area contributed by atoms with Gasteiger partial charge in [0.1, 0.15) is 24.0 Å². The van der Waals surface area contributed by atoms with Crippen LogP contribution in [-0.2, 0) is 6.61 Å². The van der Waals surface area contributed by atoms with E-state index in [1.807, 2.05) is 54.6 Å². The molecule has 0 fully saturated rings. The lowest BCUT2D eigenvalue weighted by Gasteiger charge is -2.24. The fourth-order valence-corrected chi connectivity index (χ4v) is 4.05. The molecule has 1 atom stereocenters. The summed E-state index contributed by atoms with van der Waals surface area (Å²) >= 11 is 0. The van der Waals surface area contributed by atoms with Gasteiger partial charge in [-0.3, -0.25) is 15.2 Å². The Morgan fingerprint density at radius 2 is 1.80 bits per heavy atom. The second-order valence-corrected chi connectivity index (χ2v) is 7.89. The molecule has 9 nitrogen and oxygen atoms in total. The Bertz CT molecular complexity index is 1450. The Morgan fingerprint density at radius 1 is 1.09 bits per heavy atom. The van der Waals surface area contributed by atoms with Crippen molar-refractivity contribution < 1.29 is 14.4 Å². The first-order valence-corrected chi connectivity index (χ1v) is 10.7. The first-order chi connectivity index (χ1) is 17.0. The number of rotatable bonds is 6. The van der Waals surface area contributed by atoms with Crippen molar-refractivity contribution in [3.63, 3.8) is 0 Å². The van der Waals surface area contributed by atoms with Crippen LogP contribution >= 0.6 is 0 Å². The molecule has 1 aliphatic rings. The van der Waals surface area contributed by atoms with Gasteiger partial charge in [-0.1, -0.05) is 42.5 Å². The van der Waals surface area contributed by atoms with Crippen molar-refractivity contribution in [1.29, 1.82) is 5.26 Å². The lowest BCUT2D eigenvalue weighted by molar-refractivity contribution is -0.384. The number of non-ortho nitro benzene ring substituents is 1. The third-order valence-electron chi connectivity index (χ3n) is 5.77. The fraction of sp³-hybridized carbons (Fsp3) is 0.0769. The van der Waals surface area contributed by atoms with E-state index in [2.05, 4.69) is 16.3 Å². The van der Waals surface area contributed by atoms with Crippen LogP contribution in [0.15, 0.2) is 90.3 Å². The molecule has 0 aliphatic carbocycles. The molecule has 1 aromatic heterocycles. The monoisotopic (exact) mass is 465 g/mol. The molecule has 0 amide bonds. The van der Waals surface area contributed by atoms with E-state index in [0.29, 0.717) is 29.2 Å². The minimum Gasteiger partial charge on any atom is -0.489 e. The highest BCUT2D eigenvalue weighted by molar-refractivity contribution is 5.71. The van der Waals surface area contributed by atoms with Crippen LogP contribution in [0.2, 0.25) is 0 Å². The molecule has 4 aromatic rings. The van der Waals surface area contributed by atoms with E-state index >= 15 is 0 Å². The summed E-state index contributed by atoms with van der Waals surface area (Å²) in [6, 6.07) is 25.5. The topological polar surface area (TPSA) is 140 Å². The van der Waals surface area contributed by atoms with E-state index in [-0.39, 0.29) is 23.0 Å². The van der Waals surface area contributed by atoms with Gasteiger partial charge in [-0.15, -0.1) is 5.10 Å². The smallest absolute Gasteiger partial charge is 0.269 e. The lowest BCUT2D eigenvalue weighted by Crippen LogP contribution is -2.21. The summed E-state index contributed by atoms with van der Waals surface area (Å²) in [6.07, 6.45) is 0. The number of aromatic nitrogens is 2. The number of nitriles is 1. The average molecular weight is 465 g/mol. The largest absolute Gasteiger partial charge is 0.489 e. The van der Waals surface area contributed by atoms with Crippen molar-refractivity contribution in [2.75, 3.05) is 0 Å². The number of ether oxygens (including phenoxy) is 2. The molecule has 0 saturated carbocycles. The first-order valence-electron chi connectivity index (χ1n) is 10.7. The number of hydrogen-bond acceptors (Lipinski definition) is 7. The Morgan fingerprint density at radius 3 is 2.46 bits per heavy atom. The summed E-state index contributed by atoms with van der Waals surface area (Å²) in [5.74, 6) is 0.304. The van der Waals surface area contributed by atoms with E-state index < -0.39 is 10.8 Å². The molecule has 0 saturated heterocycles. The van der Waals surface area contributed by atoms with Crippen molar-refractivity contribution in [2.45, 2.75) is 12.5 Å². The number of nitrogens with zero attached hydrogens (tertiary/aromatic N) is 3. The Labute approximate surface area is 200 Å². The number of nitrogens with one attached hydrogen (secondary N) is 1. The van der Waals surface area contributed by atoms with E-state index in [4.69, 9.17) is 15.2 Å². The standard InChI is InChI=1S/C26H19N5O4/c27-14-21-22(17-6-10-19(11-7-17)31(32)33)23-24(29-30-26(23)35-25(21)28)18-8-12-20(13-9-18)34-15-16-4-2-1-3-5-16/h1-13,22H,15,28H2,(H,29,30).